The van der Waals surface area contributed by atoms with Gasteiger partial charge in [-0.05, 0) is 24.8 Å². The monoisotopic (exact) mass is 215 g/mol. The summed E-state index contributed by atoms with van der Waals surface area (Å²) >= 11 is 0. The summed E-state index contributed by atoms with van der Waals surface area (Å²) in [7, 11) is 0. The first-order valence-electron chi connectivity index (χ1n) is 4.99. The molecule has 0 saturated heterocycles. The Morgan fingerprint density at radius 2 is 1.67 bits per heavy atom. The predicted octanol–water partition coefficient (Wildman–Crippen LogP) is 2.90. The van der Waals surface area contributed by atoms with Gasteiger partial charge in [-0.2, -0.15) is 0 Å². The van der Waals surface area contributed by atoms with E-state index in [4.69, 9.17) is 5.73 Å². The number of benzene rings is 1. The second-order valence-corrected chi connectivity index (χ2v) is 4.00. The normalized spacial score (nSPS) is 18.7. The lowest BCUT2D eigenvalue weighted by molar-refractivity contribution is 0.259. The van der Waals surface area contributed by atoms with Gasteiger partial charge in [0.15, 0.2) is 11.6 Å². The zero-order valence-electron chi connectivity index (χ0n) is 8.14. The van der Waals surface area contributed by atoms with E-state index in [1.54, 1.807) is 0 Å². The Bertz CT molecular complexity index is 374. The van der Waals surface area contributed by atoms with Gasteiger partial charge in [-0.1, -0.05) is 6.42 Å². The van der Waals surface area contributed by atoms with Gasteiger partial charge in [0, 0.05) is 17.7 Å². The van der Waals surface area contributed by atoms with Crippen LogP contribution < -0.4 is 5.73 Å². The summed E-state index contributed by atoms with van der Waals surface area (Å²) in [6.45, 7) is 0. The van der Waals surface area contributed by atoms with E-state index in [2.05, 4.69) is 0 Å². The second kappa shape index (κ2) is 3.85. The molecular weight excluding hydrogens is 203 g/mol. The van der Waals surface area contributed by atoms with Crippen molar-refractivity contribution in [3.63, 3.8) is 0 Å². The number of hydrogen-bond donors (Lipinski definition) is 1. The van der Waals surface area contributed by atoms with Crippen LogP contribution >= 0.6 is 0 Å². The molecular formula is C11H12F3N. The molecule has 82 valence electrons. The van der Waals surface area contributed by atoms with Gasteiger partial charge < -0.3 is 5.73 Å². The van der Waals surface area contributed by atoms with Gasteiger partial charge in [0.25, 0.3) is 0 Å². The Balaban J connectivity index is 2.30. The van der Waals surface area contributed by atoms with Crippen LogP contribution in [0.3, 0.4) is 0 Å². The minimum Gasteiger partial charge on any atom is -0.324 e. The van der Waals surface area contributed by atoms with E-state index in [1.807, 2.05) is 0 Å². The largest absolute Gasteiger partial charge is 0.324 e. The Hall–Kier alpha value is -1.03. The van der Waals surface area contributed by atoms with Crippen LogP contribution in [0.2, 0.25) is 0 Å². The van der Waals surface area contributed by atoms with E-state index >= 15 is 0 Å². The standard InChI is InChI=1S/C11H12F3N/c12-8-5-10(14)9(13)4-7(8)11(15)6-2-1-3-6/h4-6,11H,1-3,15H2/t11-/m0/s1. The van der Waals surface area contributed by atoms with Crippen LogP contribution in [0, 0.1) is 23.4 Å². The first-order chi connectivity index (χ1) is 7.09. The fraction of sp³-hybridized carbons (Fsp3) is 0.455. The van der Waals surface area contributed by atoms with Crippen LogP contribution in [0.5, 0.6) is 0 Å². The van der Waals surface area contributed by atoms with Crippen molar-refractivity contribution in [1.82, 2.24) is 0 Å². The van der Waals surface area contributed by atoms with Crippen LogP contribution in [0.4, 0.5) is 13.2 Å². The highest BCUT2D eigenvalue weighted by Gasteiger charge is 2.28. The van der Waals surface area contributed by atoms with Crippen molar-refractivity contribution < 1.29 is 13.2 Å². The summed E-state index contributed by atoms with van der Waals surface area (Å²) in [4.78, 5) is 0. The third kappa shape index (κ3) is 1.86. The van der Waals surface area contributed by atoms with Crippen LogP contribution in [0.1, 0.15) is 30.9 Å². The van der Waals surface area contributed by atoms with Gasteiger partial charge in [-0.3, -0.25) is 0 Å². The molecule has 1 aliphatic rings. The molecule has 0 aromatic heterocycles. The molecule has 1 fully saturated rings. The van der Waals surface area contributed by atoms with Gasteiger partial charge in [0.05, 0.1) is 0 Å². The van der Waals surface area contributed by atoms with Gasteiger partial charge in [0.1, 0.15) is 5.82 Å². The molecule has 15 heavy (non-hydrogen) atoms. The molecule has 2 N–H and O–H groups in total. The average Bonchev–Trinajstić information content (AvgIpc) is 2.08. The molecule has 0 spiro atoms. The summed E-state index contributed by atoms with van der Waals surface area (Å²) in [6, 6.07) is 0.908. The highest BCUT2D eigenvalue weighted by molar-refractivity contribution is 5.24. The first-order valence-corrected chi connectivity index (χ1v) is 4.99. The molecule has 1 saturated carbocycles. The number of nitrogens with two attached hydrogens (primary N) is 1. The van der Waals surface area contributed by atoms with Crippen molar-refractivity contribution in [2.24, 2.45) is 11.7 Å². The minimum atomic E-state index is -1.17. The van der Waals surface area contributed by atoms with Crippen LogP contribution in [-0.4, -0.2) is 0 Å². The van der Waals surface area contributed by atoms with Crippen molar-refractivity contribution in [3.05, 3.63) is 35.1 Å². The maximum atomic E-state index is 13.3. The molecule has 1 nitrogen and oxygen atoms in total. The lowest BCUT2D eigenvalue weighted by Gasteiger charge is -2.31. The lowest BCUT2D eigenvalue weighted by Crippen LogP contribution is -2.27. The Morgan fingerprint density at radius 3 is 2.20 bits per heavy atom. The zero-order valence-corrected chi connectivity index (χ0v) is 8.14. The first kappa shape index (κ1) is 10.5. The maximum Gasteiger partial charge on any atom is 0.161 e. The minimum absolute atomic E-state index is 0.0820. The van der Waals surface area contributed by atoms with Crippen molar-refractivity contribution in [2.45, 2.75) is 25.3 Å². The van der Waals surface area contributed by atoms with E-state index in [0.717, 1.165) is 25.3 Å². The van der Waals surface area contributed by atoms with Gasteiger partial charge >= 0.3 is 0 Å². The Morgan fingerprint density at radius 1 is 1.07 bits per heavy atom. The van der Waals surface area contributed by atoms with Gasteiger partial charge in [-0.25, -0.2) is 13.2 Å². The van der Waals surface area contributed by atoms with Crippen molar-refractivity contribution in [3.8, 4) is 0 Å². The van der Waals surface area contributed by atoms with E-state index in [1.165, 1.54) is 0 Å². The van der Waals surface area contributed by atoms with Gasteiger partial charge in [-0.15, -0.1) is 0 Å². The predicted molar refractivity (Wildman–Crippen MR) is 50.6 cm³/mol. The van der Waals surface area contributed by atoms with E-state index in [0.29, 0.717) is 6.07 Å². The maximum absolute atomic E-state index is 13.3. The number of hydrogen-bond acceptors (Lipinski definition) is 1. The number of halogens is 3. The highest BCUT2D eigenvalue weighted by Crippen LogP contribution is 2.37. The summed E-state index contributed by atoms with van der Waals surface area (Å²) in [5.41, 5.74) is 5.87. The van der Waals surface area contributed by atoms with E-state index in [9.17, 15) is 13.2 Å². The topological polar surface area (TPSA) is 26.0 Å². The summed E-state index contributed by atoms with van der Waals surface area (Å²) in [6.07, 6.45) is 2.93. The Kier molecular flexibility index (Phi) is 2.69. The summed E-state index contributed by atoms with van der Waals surface area (Å²) in [5.74, 6) is -2.77. The van der Waals surface area contributed by atoms with E-state index < -0.39 is 23.5 Å². The third-order valence-electron chi connectivity index (χ3n) is 3.06. The molecule has 4 heteroatoms. The number of rotatable bonds is 2. The van der Waals surface area contributed by atoms with Crippen molar-refractivity contribution in [1.29, 1.82) is 0 Å². The SMILES string of the molecule is N[C@H](c1cc(F)c(F)cc1F)C1CCC1. The lowest BCUT2D eigenvalue weighted by atomic mass is 9.77. The molecule has 0 unspecified atom stereocenters. The second-order valence-electron chi connectivity index (χ2n) is 4.00. The summed E-state index contributed by atoms with van der Waals surface area (Å²) < 4.78 is 38.9. The van der Waals surface area contributed by atoms with Crippen molar-refractivity contribution in [2.75, 3.05) is 0 Å². The molecule has 1 aromatic rings. The fourth-order valence-corrected chi connectivity index (χ4v) is 1.85. The fourth-order valence-electron chi connectivity index (χ4n) is 1.85. The average molecular weight is 215 g/mol. The van der Waals surface area contributed by atoms with E-state index in [-0.39, 0.29) is 11.5 Å². The molecule has 1 aliphatic carbocycles. The molecule has 0 aliphatic heterocycles. The molecule has 0 heterocycles. The zero-order chi connectivity index (χ0) is 11.0. The molecule has 0 bridgehead atoms. The molecule has 0 amide bonds. The van der Waals surface area contributed by atoms with Crippen LogP contribution in [0.25, 0.3) is 0 Å². The molecule has 2 rings (SSSR count). The molecule has 1 atom stereocenters. The molecule has 1 aromatic carbocycles. The van der Waals surface area contributed by atoms with Gasteiger partial charge in [0.2, 0.25) is 0 Å². The third-order valence-corrected chi connectivity index (χ3v) is 3.06. The summed E-state index contributed by atoms with van der Waals surface area (Å²) in [5, 5.41) is 0. The quantitative estimate of drug-likeness (QED) is 0.754. The smallest absolute Gasteiger partial charge is 0.161 e. The highest BCUT2D eigenvalue weighted by atomic mass is 19.2. The Labute approximate surface area is 86.1 Å². The van der Waals surface area contributed by atoms with Crippen LogP contribution in [0.15, 0.2) is 12.1 Å². The van der Waals surface area contributed by atoms with Crippen molar-refractivity contribution >= 4 is 0 Å². The van der Waals surface area contributed by atoms with Crippen LogP contribution in [-0.2, 0) is 0 Å². The molecule has 0 radical (unpaired) electrons.